The van der Waals surface area contributed by atoms with E-state index in [4.69, 9.17) is 0 Å². The number of nitrogens with one attached hydrogen (secondary N) is 1. The molecule has 1 saturated heterocycles. The maximum absolute atomic E-state index is 13.0. The molecule has 1 aromatic heterocycles. The summed E-state index contributed by atoms with van der Waals surface area (Å²) in [4.78, 5) is 16.8. The van der Waals surface area contributed by atoms with Gasteiger partial charge in [-0.05, 0) is 31.3 Å². The van der Waals surface area contributed by atoms with Gasteiger partial charge in [-0.2, -0.15) is 5.10 Å². The van der Waals surface area contributed by atoms with Gasteiger partial charge in [0.05, 0.1) is 6.20 Å². The van der Waals surface area contributed by atoms with Crippen LogP contribution in [0, 0.1) is 5.82 Å². The quantitative estimate of drug-likeness (QED) is 0.847. The fourth-order valence-electron chi connectivity index (χ4n) is 3.04. The second kappa shape index (κ2) is 9.75. The Bertz CT molecular complexity index is 701. The molecular formula is C17H24Cl2FN5O. The summed E-state index contributed by atoms with van der Waals surface area (Å²) in [6.45, 7) is 2.77. The van der Waals surface area contributed by atoms with Crippen LogP contribution in [0.5, 0.6) is 0 Å². The number of carbonyl (C=O) groups excluding carboxylic acids is 1. The van der Waals surface area contributed by atoms with Crippen molar-refractivity contribution < 1.29 is 9.18 Å². The molecule has 0 bridgehead atoms. The molecule has 3 rings (SSSR count). The number of carbonyl (C=O) groups is 1. The van der Waals surface area contributed by atoms with Crippen molar-refractivity contribution in [3.8, 4) is 0 Å². The van der Waals surface area contributed by atoms with Crippen LogP contribution in [0.4, 0.5) is 10.1 Å². The van der Waals surface area contributed by atoms with Gasteiger partial charge >= 0.3 is 0 Å². The highest BCUT2D eigenvalue weighted by atomic mass is 35.5. The van der Waals surface area contributed by atoms with E-state index in [0.717, 1.165) is 24.3 Å². The van der Waals surface area contributed by atoms with Crippen molar-refractivity contribution in [3.05, 3.63) is 48.0 Å². The van der Waals surface area contributed by atoms with Crippen molar-refractivity contribution in [2.75, 3.05) is 38.1 Å². The summed E-state index contributed by atoms with van der Waals surface area (Å²) in [5.74, 6) is -0.176. The minimum atomic E-state index is -0.379. The van der Waals surface area contributed by atoms with Gasteiger partial charge in [-0.15, -0.1) is 24.8 Å². The molecule has 1 aliphatic rings. The van der Waals surface area contributed by atoms with Crippen LogP contribution in [0.1, 0.15) is 11.6 Å². The summed E-state index contributed by atoms with van der Waals surface area (Å²) in [5.41, 5.74) is 1.85. The topological polar surface area (TPSA) is 53.4 Å². The first-order valence-electron chi connectivity index (χ1n) is 8.03. The first-order chi connectivity index (χ1) is 11.6. The number of piperazine rings is 1. The third kappa shape index (κ3) is 4.87. The number of halogens is 3. The van der Waals surface area contributed by atoms with Crippen LogP contribution >= 0.6 is 24.8 Å². The molecule has 2 aromatic rings. The molecule has 0 spiro atoms. The van der Waals surface area contributed by atoms with E-state index < -0.39 is 0 Å². The molecule has 1 N–H and O–H groups in total. The van der Waals surface area contributed by atoms with Crippen LogP contribution in [-0.4, -0.2) is 53.8 Å². The van der Waals surface area contributed by atoms with E-state index in [1.54, 1.807) is 30.1 Å². The first-order valence-corrected chi connectivity index (χ1v) is 8.03. The Hall–Kier alpha value is -1.83. The molecule has 6 nitrogen and oxygen atoms in total. The van der Waals surface area contributed by atoms with Crippen molar-refractivity contribution in [1.82, 2.24) is 20.0 Å². The lowest BCUT2D eigenvalue weighted by Gasteiger charge is -2.37. The average molecular weight is 404 g/mol. The predicted octanol–water partition coefficient (Wildman–Crippen LogP) is 2.01. The van der Waals surface area contributed by atoms with Crippen molar-refractivity contribution in [2.24, 2.45) is 7.05 Å². The molecule has 0 radical (unpaired) electrons. The monoisotopic (exact) mass is 403 g/mol. The van der Waals surface area contributed by atoms with Crippen molar-refractivity contribution >= 4 is 36.4 Å². The van der Waals surface area contributed by atoms with Crippen molar-refractivity contribution in [3.63, 3.8) is 0 Å². The largest absolute Gasteiger partial charge is 0.368 e. The smallest absolute Gasteiger partial charge is 0.244 e. The number of aryl methyl sites for hydroxylation is 1. The number of aromatic nitrogens is 2. The van der Waals surface area contributed by atoms with Gasteiger partial charge in [0.15, 0.2) is 0 Å². The second-order valence-electron chi connectivity index (χ2n) is 5.96. The molecule has 2 heterocycles. The summed E-state index contributed by atoms with van der Waals surface area (Å²) in [6, 6.07) is 6.10. The SMILES string of the molecule is CNC(C(=O)N1CCN(c2ccc(F)cc2)CC1)c1cnn(C)c1.Cl.Cl. The second-order valence-corrected chi connectivity index (χ2v) is 5.96. The number of hydrogen-bond acceptors (Lipinski definition) is 4. The van der Waals surface area contributed by atoms with Crippen LogP contribution in [0.3, 0.4) is 0 Å². The summed E-state index contributed by atoms with van der Waals surface area (Å²) in [7, 11) is 3.62. The summed E-state index contributed by atoms with van der Waals surface area (Å²) in [5, 5.41) is 7.22. The Morgan fingerprint density at radius 2 is 1.77 bits per heavy atom. The van der Waals surface area contributed by atoms with Crippen molar-refractivity contribution in [2.45, 2.75) is 6.04 Å². The molecule has 0 saturated carbocycles. The Morgan fingerprint density at radius 1 is 1.15 bits per heavy atom. The first kappa shape index (κ1) is 22.2. The number of amides is 1. The normalized spacial score (nSPS) is 15.0. The highest BCUT2D eigenvalue weighted by molar-refractivity contribution is 5.85. The van der Waals surface area contributed by atoms with Gasteiger partial charge in [-0.25, -0.2) is 4.39 Å². The van der Waals surface area contributed by atoms with Crippen LogP contribution in [-0.2, 0) is 11.8 Å². The van der Waals surface area contributed by atoms with E-state index in [9.17, 15) is 9.18 Å². The van der Waals surface area contributed by atoms with Gasteiger partial charge in [0.25, 0.3) is 0 Å². The maximum Gasteiger partial charge on any atom is 0.244 e. The number of benzene rings is 1. The fourth-order valence-corrected chi connectivity index (χ4v) is 3.04. The fraction of sp³-hybridized carbons (Fsp3) is 0.412. The molecule has 1 aliphatic heterocycles. The zero-order chi connectivity index (χ0) is 17.1. The number of nitrogens with zero attached hydrogens (tertiary/aromatic N) is 4. The van der Waals surface area contributed by atoms with E-state index in [-0.39, 0.29) is 42.6 Å². The molecule has 9 heteroatoms. The third-order valence-corrected chi connectivity index (χ3v) is 4.38. The van der Waals surface area contributed by atoms with E-state index in [2.05, 4.69) is 15.3 Å². The minimum absolute atomic E-state index is 0. The lowest BCUT2D eigenvalue weighted by Crippen LogP contribution is -2.51. The van der Waals surface area contributed by atoms with Crippen LogP contribution in [0.2, 0.25) is 0 Å². The van der Waals surface area contributed by atoms with Gasteiger partial charge in [-0.1, -0.05) is 0 Å². The van der Waals surface area contributed by atoms with Crippen LogP contribution in [0.15, 0.2) is 36.7 Å². The van der Waals surface area contributed by atoms with Gasteiger partial charge in [0.2, 0.25) is 5.91 Å². The van der Waals surface area contributed by atoms with Gasteiger partial charge in [0, 0.05) is 50.7 Å². The summed E-state index contributed by atoms with van der Waals surface area (Å²) >= 11 is 0. The molecule has 1 fully saturated rings. The van der Waals surface area contributed by atoms with Crippen molar-refractivity contribution in [1.29, 1.82) is 0 Å². The Morgan fingerprint density at radius 3 is 2.27 bits per heavy atom. The van der Waals surface area contributed by atoms with E-state index in [1.807, 2.05) is 18.1 Å². The van der Waals surface area contributed by atoms with Gasteiger partial charge in [0.1, 0.15) is 11.9 Å². The standard InChI is InChI=1S/C17H22FN5O.2ClH/c1-19-16(13-11-20-21(2)12-13)17(24)23-9-7-22(8-10-23)15-5-3-14(18)4-6-15;;/h3-6,11-12,16,19H,7-10H2,1-2H3;2*1H. The molecule has 1 aromatic carbocycles. The molecule has 1 amide bonds. The Labute approximate surface area is 165 Å². The summed E-state index contributed by atoms with van der Waals surface area (Å²) < 4.78 is 14.7. The molecular weight excluding hydrogens is 380 g/mol. The van der Waals surface area contributed by atoms with Gasteiger partial charge in [-0.3, -0.25) is 9.48 Å². The maximum atomic E-state index is 13.0. The van der Waals surface area contributed by atoms with Gasteiger partial charge < -0.3 is 15.1 Å². The number of likely N-dealkylation sites (N-methyl/N-ethyl adjacent to an activating group) is 1. The van der Waals surface area contributed by atoms with Crippen LogP contribution in [0.25, 0.3) is 0 Å². The average Bonchev–Trinajstić information content (AvgIpc) is 3.02. The Kier molecular flexibility index (Phi) is 8.33. The third-order valence-electron chi connectivity index (χ3n) is 4.38. The lowest BCUT2D eigenvalue weighted by molar-refractivity contribution is -0.133. The molecule has 26 heavy (non-hydrogen) atoms. The molecule has 1 atom stereocenters. The number of rotatable bonds is 4. The van der Waals surface area contributed by atoms with E-state index in [0.29, 0.717) is 13.1 Å². The van der Waals surface area contributed by atoms with E-state index >= 15 is 0 Å². The molecule has 0 aliphatic carbocycles. The summed E-state index contributed by atoms with van der Waals surface area (Å²) in [6.07, 6.45) is 3.57. The highest BCUT2D eigenvalue weighted by Gasteiger charge is 2.28. The minimum Gasteiger partial charge on any atom is -0.368 e. The zero-order valence-electron chi connectivity index (χ0n) is 14.8. The molecule has 144 valence electrons. The number of anilines is 1. The zero-order valence-corrected chi connectivity index (χ0v) is 16.4. The highest BCUT2D eigenvalue weighted by Crippen LogP contribution is 2.20. The number of hydrogen-bond donors (Lipinski definition) is 1. The van der Waals surface area contributed by atoms with Crippen LogP contribution < -0.4 is 10.2 Å². The lowest BCUT2D eigenvalue weighted by atomic mass is 10.1. The Balaban J connectivity index is 0.00000169. The van der Waals surface area contributed by atoms with E-state index in [1.165, 1.54) is 12.1 Å². The molecule has 1 unspecified atom stereocenters. The predicted molar refractivity (Wildman–Crippen MR) is 105 cm³/mol.